The average molecular weight is 575 g/mol. The van der Waals surface area contributed by atoms with E-state index in [1.165, 1.54) is 22.2 Å². The zero-order valence-electron chi connectivity index (χ0n) is 18.5. The molecule has 1 aliphatic rings. The fourth-order valence-corrected chi connectivity index (χ4v) is 5.15. The lowest BCUT2D eigenvalue weighted by Crippen LogP contribution is -2.27. The van der Waals surface area contributed by atoms with Gasteiger partial charge >= 0.3 is 0 Å². The number of ether oxygens (including phenoxy) is 2. The number of rotatable bonds is 7. The highest BCUT2D eigenvalue weighted by molar-refractivity contribution is 9.10. The molecule has 0 bridgehead atoms. The Labute approximate surface area is 222 Å². The van der Waals surface area contributed by atoms with Crippen LogP contribution in [0.15, 0.2) is 70.0 Å². The molecule has 3 aromatic carbocycles. The second-order valence-electron chi connectivity index (χ2n) is 7.53. The Kier molecular flexibility index (Phi) is 7.99. The Balaban J connectivity index is 1.56. The fraction of sp³-hybridized carbons (Fsp3) is 0.154. The van der Waals surface area contributed by atoms with Gasteiger partial charge in [0.2, 0.25) is 0 Å². The van der Waals surface area contributed by atoms with Gasteiger partial charge in [0.05, 0.1) is 22.2 Å². The van der Waals surface area contributed by atoms with E-state index in [0.29, 0.717) is 44.6 Å². The van der Waals surface area contributed by atoms with Crippen LogP contribution in [0.5, 0.6) is 11.5 Å². The molecule has 34 heavy (non-hydrogen) atoms. The highest BCUT2D eigenvalue weighted by Gasteiger charge is 2.33. The maximum Gasteiger partial charge on any atom is 0.270 e. The summed E-state index contributed by atoms with van der Waals surface area (Å²) in [4.78, 5) is 15.1. The lowest BCUT2D eigenvalue weighted by molar-refractivity contribution is -0.113. The van der Waals surface area contributed by atoms with Gasteiger partial charge in [0.25, 0.3) is 5.91 Å². The minimum Gasteiger partial charge on any atom is -0.490 e. The molecule has 0 radical (unpaired) electrons. The molecule has 174 valence electrons. The molecule has 1 heterocycles. The van der Waals surface area contributed by atoms with E-state index in [9.17, 15) is 4.79 Å². The van der Waals surface area contributed by atoms with Crippen LogP contribution in [0.1, 0.15) is 23.6 Å². The number of aryl methyl sites for hydroxylation is 1. The van der Waals surface area contributed by atoms with E-state index in [2.05, 4.69) is 35.0 Å². The first-order valence-electron chi connectivity index (χ1n) is 10.5. The average Bonchev–Trinajstić information content (AvgIpc) is 3.08. The highest BCUT2D eigenvalue weighted by atomic mass is 79.9. The van der Waals surface area contributed by atoms with Gasteiger partial charge in [-0.15, -0.1) is 0 Å². The first-order valence-corrected chi connectivity index (χ1v) is 12.9. The molecule has 0 saturated carbocycles. The number of halogens is 2. The lowest BCUT2D eigenvalue weighted by atomic mass is 10.1. The number of nitrogens with zero attached hydrogens (tertiary/aromatic N) is 1. The number of carbonyl (C=O) groups is 1. The Hall–Kier alpha value is -2.32. The third-order valence-corrected chi connectivity index (χ3v) is 7.53. The van der Waals surface area contributed by atoms with Crippen molar-refractivity contribution in [3.63, 3.8) is 0 Å². The first-order chi connectivity index (χ1) is 16.4. The van der Waals surface area contributed by atoms with E-state index in [1.807, 2.05) is 43.3 Å². The smallest absolute Gasteiger partial charge is 0.270 e. The summed E-state index contributed by atoms with van der Waals surface area (Å²) in [5.41, 5.74) is 3.72. The molecule has 0 aromatic heterocycles. The first kappa shape index (κ1) is 24.8. The normalized spacial score (nSPS) is 14.7. The third-order valence-electron chi connectivity index (χ3n) is 5.00. The van der Waals surface area contributed by atoms with Crippen LogP contribution >= 0.6 is 51.5 Å². The minimum atomic E-state index is -0.189. The van der Waals surface area contributed by atoms with E-state index in [-0.39, 0.29) is 5.91 Å². The predicted molar refractivity (Wildman–Crippen MR) is 148 cm³/mol. The second kappa shape index (κ2) is 11.0. The summed E-state index contributed by atoms with van der Waals surface area (Å²) >= 11 is 16.3. The van der Waals surface area contributed by atoms with Crippen molar-refractivity contribution >= 4 is 73.5 Å². The monoisotopic (exact) mass is 573 g/mol. The van der Waals surface area contributed by atoms with E-state index in [0.717, 1.165) is 15.6 Å². The maximum atomic E-state index is 13.1. The van der Waals surface area contributed by atoms with E-state index >= 15 is 0 Å². The van der Waals surface area contributed by atoms with Crippen LogP contribution in [0.25, 0.3) is 6.08 Å². The minimum absolute atomic E-state index is 0.189. The van der Waals surface area contributed by atoms with Crippen LogP contribution < -0.4 is 14.4 Å². The van der Waals surface area contributed by atoms with Gasteiger partial charge in [-0.25, -0.2) is 0 Å². The molecule has 3 aromatic rings. The van der Waals surface area contributed by atoms with Crippen molar-refractivity contribution in [3.8, 4) is 11.5 Å². The Morgan fingerprint density at radius 2 is 1.91 bits per heavy atom. The fourth-order valence-electron chi connectivity index (χ4n) is 3.43. The van der Waals surface area contributed by atoms with Crippen LogP contribution in [-0.4, -0.2) is 16.8 Å². The van der Waals surface area contributed by atoms with Gasteiger partial charge in [-0.05, 0) is 77.3 Å². The molecule has 1 amide bonds. The molecular weight excluding hydrogens is 554 g/mol. The summed E-state index contributed by atoms with van der Waals surface area (Å²) < 4.78 is 13.1. The van der Waals surface area contributed by atoms with Crippen molar-refractivity contribution in [2.24, 2.45) is 0 Å². The number of carbonyl (C=O) groups excluding carboxylic acids is 1. The molecule has 4 nitrogen and oxygen atoms in total. The van der Waals surface area contributed by atoms with Crippen LogP contribution in [0, 0.1) is 6.92 Å². The number of amides is 1. The standard InChI is InChI=1S/C26H21BrClNO3S2/c1-3-31-23-12-17(7-10-22(23)32-15-18-6-4-5-16(2)11-18)13-24-25(30)29(26(33)34-24)19-8-9-20(27)21(28)14-19/h4-14H,3,15H2,1-2H3/b24-13-. The summed E-state index contributed by atoms with van der Waals surface area (Å²) in [5.74, 6) is 1.09. The maximum absolute atomic E-state index is 13.1. The lowest BCUT2D eigenvalue weighted by Gasteiger charge is -2.15. The van der Waals surface area contributed by atoms with Gasteiger partial charge in [0.1, 0.15) is 6.61 Å². The van der Waals surface area contributed by atoms with Gasteiger partial charge < -0.3 is 9.47 Å². The zero-order chi connectivity index (χ0) is 24.2. The Morgan fingerprint density at radius 1 is 1.09 bits per heavy atom. The molecule has 1 aliphatic heterocycles. The molecule has 8 heteroatoms. The summed E-state index contributed by atoms with van der Waals surface area (Å²) in [6.07, 6.45) is 1.81. The van der Waals surface area contributed by atoms with Crippen molar-refractivity contribution in [1.29, 1.82) is 0 Å². The number of hydrogen-bond donors (Lipinski definition) is 0. The van der Waals surface area contributed by atoms with E-state index in [4.69, 9.17) is 33.3 Å². The molecular formula is C26H21BrClNO3S2. The Bertz CT molecular complexity index is 1290. The molecule has 1 saturated heterocycles. The molecule has 0 N–H and O–H groups in total. The van der Waals surface area contributed by atoms with Crippen molar-refractivity contribution in [2.45, 2.75) is 20.5 Å². The van der Waals surface area contributed by atoms with Gasteiger partial charge in [0.15, 0.2) is 15.8 Å². The van der Waals surface area contributed by atoms with Gasteiger partial charge in [-0.1, -0.05) is 71.5 Å². The van der Waals surface area contributed by atoms with E-state index in [1.54, 1.807) is 18.2 Å². The number of benzene rings is 3. The third kappa shape index (κ3) is 5.66. The largest absolute Gasteiger partial charge is 0.490 e. The number of hydrogen-bond acceptors (Lipinski definition) is 5. The summed E-state index contributed by atoms with van der Waals surface area (Å²) in [7, 11) is 0. The van der Waals surface area contributed by atoms with Crippen molar-refractivity contribution in [2.75, 3.05) is 11.5 Å². The molecule has 4 rings (SSSR count). The molecule has 0 atom stereocenters. The van der Waals surface area contributed by atoms with Crippen molar-refractivity contribution in [1.82, 2.24) is 0 Å². The van der Waals surface area contributed by atoms with E-state index < -0.39 is 0 Å². The summed E-state index contributed by atoms with van der Waals surface area (Å²) in [6.45, 7) is 4.91. The number of thioether (sulfide) groups is 1. The predicted octanol–water partition coefficient (Wildman–Crippen LogP) is 7.79. The Morgan fingerprint density at radius 3 is 2.65 bits per heavy atom. The molecule has 1 fully saturated rings. The van der Waals surface area contributed by atoms with Gasteiger partial charge in [0, 0.05) is 4.47 Å². The molecule has 0 aliphatic carbocycles. The number of thiocarbonyl (C=S) groups is 1. The quantitative estimate of drug-likeness (QED) is 0.213. The molecule has 0 spiro atoms. The zero-order valence-corrected chi connectivity index (χ0v) is 22.5. The summed E-state index contributed by atoms with van der Waals surface area (Å²) in [5, 5.41) is 0.512. The second-order valence-corrected chi connectivity index (χ2v) is 10.5. The highest BCUT2D eigenvalue weighted by Crippen LogP contribution is 2.39. The van der Waals surface area contributed by atoms with Crippen molar-refractivity contribution < 1.29 is 14.3 Å². The number of anilines is 1. The van der Waals surface area contributed by atoms with Gasteiger partial charge in [-0.3, -0.25) is 9.69 Å². The van der Waals surface area contributed by atoms with Crippen LogP contribution in [0.3, 0.4) is 0 Å². The SMILES string of the molecule is CCOc1cc(/C=C2\SC(=S)N(c3ccc(Br)c(Cl)c3)C2=O)ccc1OCc1cccc(C)c1. The van der Waals surface area contributed by atoms with Crippen LogP contribution in [0.2, 0.25) is 5.02 Å². The van der Waals surface area contributed by atoms with Crippen molar-refractivity contribution in [3.05, 3.63) is 91.8 Å². The molecule has 0 unspecified atom stereocenters. The summed E-state index contributed by atoms with van der Waals surface area (Å²) in [6, 6.07) is 19.1. The van der Waals surface area contributed by atoms with Crippen LogP contribution in [-0.2, 0) is 11.4 Å². The topological polar surface area (TPSA) is 38.8 Å². The van der Waals surface area contributed by atoms with Gasteiger partial charge in [-0.2, -0.15) is 0 Å². The van der Waals surface area contributed by atoms with Crippen LogP contribution in [0.4, 0.5) is 5.69 Å².